The maximum absolute atomic E-state index is 12.4. The van der Waals surface area contributed by atoms with Gasteiger partial charge in [-0.05, 0) is 36.2 Å². The fourth-order valence-corrected chi connectivity index (χ4v) is 2.14. The van der Waals surface area contributed by atoms with Crippen molar-refractivity contribution in [2.45, 2.75) is 25.4 Å². The molecule has 0 radical (unpaired) electrons. The number of aryl methyl sites for hydroxylation is 1. The number of hydrogen-bond donors (Lipinski definition) is 1. The van der Waals surface area contributed by atoms with Gasteiger partial charge in [0.25, 0.3) is 0 Å². The highest BCUT2D eigenvalue weighted by Gasteiger charge is 2.29. The van der Waals surface area contributed by atoms with E-state index in [9.17, 15) is 22.8 Å². The number of ketones is 1. The van der Waals surface area contributed by atoms with Crippen molar-refractivity contribution >= 4 is 17.4 Å². The van der Waals surface area contributed by atoms with Crippen LogP contribution in [-0.2, 0) is 22.2 Å². The van der Waals surface area contributed by atoms with Gasteiger partial charge in [-0.3, -0.25) is 9.59 Å². The van der Waals surface area contributed by atoms with Crippen LogP contribution in [0.4, 0.5) is 18.9 Å². The molecule has 0 unspecified atom stereocenters. The smallest absolute Gasteiger partial charge is 0.326 e. The number of hydrogen-bond acceptors (Lipinski definition) is 2. The molecule has 2 aromatic carbocycles. The Morgan fingerprint density at radius 3 is 2.12 bits per heavy atom. The molecule has 0 fully saturated rings. The SMILES string of the molecule is O=C(CCc1ccccc1)CC(=O)Nc1ccc(C(F)(F)F)cc1. The molecule has 0 atom stereocenters. The first-order valence-electron chi connectivity index (χ1n) is 7.37. The van der Waals surface area contributed by atoms with E-state index in [-0.39, 0.29) is 24.3 Å². The molecule has 1 amide bonds. The molecule has 2 rings (SSSR count). The van der Waals surface area contributed by atoms with Crippen LogP contribution in [0.5, 0.6) is 0 Å². The van der Waals surface area contributed by atoms with Gasteiger partial charge in [-0.2, -0.15) is 13.2 Å². The molecule has 0 heterocycles. The molecule has 1 N–H and O–H groups in total. The molecule has 0 aliphatic rings. The van der Waals surface area contributed by atoms with Gasteiger partial charge in [0, 0.05) is 12.1 Å². The third-order valence-corrected chi connectivity index (χ3v) is 3.39. The van der Waals surface area contributed by atoms with Gasteiger partial charge >= 0.3 is 6.18 Å². The first-order chi connectivity index (χ1) is 11.3. The molecule has 0 bridgehead atoms. The maximum atomic E-state index is 12.4. The maximum Gasteiger partial charge on any atom is 0.416 e. The molecular weight excluding hydrogens is 319 g/mol. The minimum absolute atomic E-state index is 0.219. The van der Waals surface area contributed by atoms with Crippen LogP contribution in [0.25, 0.3) is 0 Å². The van der Waals surface area contributed by atoms with Crippen molar-refractivity contribution in [3.8, 4) is 0 Å². The van der Waals surface area contributed by atoms with Crippen molar-refractivity contribution in [2.75, 3.05) is 5.32 Å². The zero-order valence-corrected chi connectivity index (χ0v) is 12.8. The lowest BCUT2D eigenvalue weighted by Gasteiger charge is -2.08. The number of alkyl halides is 3. The predicted molar refractivity (Wildman–Crippen MR) is 84.5 cm³/mol. The second-order valence-electron chi connectivity index (χ2n) is 5.32. The van der Waals surface area contributed by atoms with Gasteiger partial charge in [0.05, 0.1) is 12.0 Å². The summed E-state index contributed by atoms with van der Waals surface area (Å²) < 4.78 is 37.3. The van der Waals surface area contributed by atoms with Gasteiger partial charge in [-0.15, -0.1) is 0 Å². The minimum Gasteiger partial charge on any atom is -0.326 e. The predicted octanol–water partition coefficient (Wildman–Crippen LogP) is 4.24. The molecule has 24 heavy (non-hydrogen) atoms. The molecule has 3 nitrogen and oxygen atoms in total. The fraction of sp³-hybridized carbons (Fsp3) is 0.222. The van der Waals surface area contributed by atoms with Crippen LogP contribution in [0.3, 0.4) is 0 Å². The molecule has 0 aliphatic carbocycles. The second-order valence-corrected chi connectivity index (χ2v) is 5.32. The molecule has 0 saturated heterocycles. The summed E-state index contributed by atoms with van der Waals surface area (Å²) >= 11 is 0. The van der Waals surface area contributed by atoms with Crippen LogP contribution in [0.1, 0.15) is 24.0 Å². The summed E-state index contributed by atoms with van der Waals surface area (Å²) in [5.41, 5.74) is 0.442. The normalized spacial score (nSPS) is 11.1. The molecule has 2 aromatic rings. The van der Waals surface area contributed by atoms with Crippen molar-refractivity contribution in [1.82, 2.24) is 0 Å². The number of anilines is 1. The van der Waals surface area contributed by atoms with Crippen LogP contribution >= 0.6 is 0 Å². The van der Waals surface area contributed by atoms with Crippen LogP contribution in [-0.4, -0.2) is 11.7 Å². The minimum atomic E-state index is -4.42. The monoisotopic (exact) mass is 335 g/mol. The lowest BCUT2D eigenvalue weighted by atomic mass is 10.1. The van der Waals surface area contributed by atoms with Gasteiger partial charge in [0.1, 0.15) is 5.78 Å². The van der Waals surface area contributed by atoms with E-state index in [4.69, 9.17) is 0 Å². The summed E-state index contributed by atoms with van der Waals surface area (Å²) in [5.74, 6) is -0.754. The van der Waals surface area contributed by atoms with E-state index in [0.29, 0.717) is 6.42 Å². The Morgan fingerprint density at radius 2 is 1.54 bits per heavy atom. The molecular formula is C18H16F3NO2. The first kappa shape index (κ1) is 17.7. The van der Waals surface area contributed by atoms with E-state index < -0.39 is 17.6 Å². The van der Waals surface area contributed by atoms with E-state index >= 15 is 0 Å². The summed E-state index contributed by atoms with van der Waals surface area (Å²) in [7, 11) is 0. The summed E-state index contributed by atoms with van der Waals surface area (Å²) in [6.45, 7) is 0. The first-order valence-corrected chi connectivity index (χ1v) is 7.37. The third-order valence-electron chi connectivity index (χ3n) is 3.39. The van der Waals surface area contributed by atoms with E-state index in [0.717, 1.165) is 29.8 Å². The number of carbonyl (C=O) groups excluding carboxylic acids is 2. The molecule has 0 aromatic heterocycles. The van der Waals surface area contributed by atoms with Crippen LogP contribution in [0.15, 0.2) is 54.6 Å². The Balaban J connectivity index is 1.81. The third kappa shape index (κ3) is 5.53. The van der Waals surface area contributed by atoms with Gasteiger partial charge in [0.15, 0.2) is 0 Å². The van der Waals surface area contributed by atoms with Crippen molar-refractivity contribution in [3.63, 3.8) is 0 Å². The number of nitrogens with one attached hydrogen (secondary N) is 1. The number of Topliss-reactive ketones (excluding diaryl/α,β-unsaturated/α-hetero) is 1. The van der Waals surface area contributed by atoms with E-state index in [1.165, 1.54) is 0 Å². The van der Waals surface area contributed by atoms with Gasteiger partial charge < -0.3 is 5.32 Å². The molecule has 6 heteroatoms. The number of benzene rings is 2. The Bertz CT molecular complexity index is 694. The van der Waals surface area contributed by atoms with Crippen molar-refractivity contribution in [3.05, 3.63) is 65.7 Å². The molecule has 0 spiro atoms. The summed E-state index contributed by atoms with van der Waals surface area (Å²) in [6.07, 6.45) is -3.93. The lowest BCUT2D eigenvalue weighted by Crippen LogP contribution is -2.17. The number of carbonyl (C=O) groups is 2. The van der Waals surface area contributed by atoms with E-state index in [1.54, 1.807) is 0 Å². The molecule has 0 aliphatic heterocycles. The topological polar surface area (TPSA) is 46.2 Å². The van der Waals surface area contributed by atoms with Crippen LogP contribution in [0, 0.1) is 0 Å². The van der Waals surface area contributed by atoms with Crippen molar-refractivity contribution in [1.29, 1.82) is 0 Å². The average Bonchev–Trinajstić information content (AvgIpc) is 2.53. The Labute approximate surface area is 137 Å². The largest absolute Gasteiger partial charge is 0.416 e. The summed E-state index contributed by atoms with van der Waals surface area (Å²) in [6, 6.07) is 13.5. The summed E-state index contributed by atoms with van der Waals surface area (Å²) in [4.78, 5) is 23.6. The quantitative estimate of drug-likeness (QED) is 0.803. The van der Waals surface area contributed by atoms with E-state index in [1.807, 2.05) is 30.3 Å². The average molecular weight is 335 g/mol. The highest BCUT2D eigenvalue weighted by Crippen LogP contribution is 2.29. The van der Waals surface area contributed by atoms with Crippen LogP contribution in [0.2, 0.25) is 0 Å². The standard InChI is InChI=1S/C18H16F3NO2/c19-18(20,21)14-7-9-15(10-8-14)22-17(24)12-16(23)11-6-13-4-2-1-3-5-13/h1-5,7-10H,6,11-12H2,(H,22,24). The lowest BCUT2D eigenvalue weighted by molar-refractivity contribution is -0.137. The van der Waals surface area contributed by atoms with Crippen molar-refractivity contribution in [2.24, 2.45) is 0 Å². The van der Waals surface area contributed by atoms with Crippen molar-refractivity contribution < 1.29 is 22.8 Å². The molecule has 0 saturated carbocycles. The van der Waals surface area contributed by atoms with E-state index in [2.05, 4.69) is 5.32 Å². The number of rotatable bonds is 6. The molecule has 126 valence electrons. The van der Waals surface area contributed by atoms with Gasteiger partial charge in [-0.1, -0.05) is 30.3 Å². The number of halogens is 3. The second kappa shape index (κ2) is 7.77. The number of amides is 1. The van der Waals surface area contributed by atoms with Gasteiger partial charge in [-0.25, -0.2) is 0 Å². The fourth-order valence-electron chi connectivity index (χ4n) is 2.14. The zero-order valence-electron chi connectivity index (χ0n) is 12.8. The Hall–Kier alpha value is -2.63. The highest BCUT2D eigenvalue weighted by molar-refractivity contribution is 6.04. The van der Waals surface area contributed by atoms with Crippen LogP contribution < -0.4 is 5.32 Å². The highest BCUT2D eigenvalue weighted by atomic mass is 19.4. The zero-order chi connectivity index (χ0) is 17.6. The van der Waals surface area contributed by atoms with Gasteiger partial charge in [0.2, 0.25) is 5.91 Å². The Morgan fingerprint density at radius 1 is 0.917 bits per heavy atom. The Kier molecular flexibility index (Phi) is 5.73. The summed E-state index contributed by atoms with van der Waals surface area (Å²) in [5, 5.41) is 2.42.